The van der Waals surface area contributed by atoms with Gasteiger partial charge in [-0.15, -0.1) is 11.3 Å². The minimum Gasteiger partial charge on any atom is -0.398 e. The fourth-order valence-corrected chi connectivity index (χ4v) is 2.61. The first-order valence-electron chi connectivity index (χ1n) is 5.20. The molecule has 0 spiro atoms. The molecule has 0 aliphatic carbocycles. The Morgan fingerprint density at radius 3 is 2.88 bits per heavy atom. The van der Waals surface area contributed by atoms with Gasteiger partial charge in [-0.3, -0.25) is 0 Å². The molecule has 1 heterocycles. The second-order valence-corrected chi connectivity index (χ2v) is 5.25. The van der Waals surface area contributed by atoms with Crippen molar-refractivity contribution in [1.29, 1.82) is 0 Å². The zero-order chi connectivity index (χ0) is 12.4. The van der Waals surface area contributed by atoms with Crippen LogP contribution in [0.25, 0.3) is 0 Å². The normalized spacial score (nSPS) is 12.6. The molecule has 1 atom stereocenters. The molecule has 0 saturated heterocycles. The maximum Gasteiger partial charge on any atom is 0.0957 e. The fraction of sp³-hybridized carbons (Fsp3) is 0.250. The molecule has 0 radical (unpaired) electrons. The molecule has 3 nitrogen and oxygen atoms in total. The number of hydrogen-bond donors (Lipinski definition) is 2. The summed E-state index contributed by atoms with van der Waals surface area (Å²) in [6.45, 7) is 1.93. The summed E-state index contributed by atoms with van der Waals surface area (Å²) in [5, 5.41) is 13.5. The van der Waals surface area contributed by atoms with E-state index in [0.29, 0.717) is 22.7 Å². The molecule has 90 valence electrons. The number of nitrogens with zero attached hydrogens (tertiary/aromatic N) is 1. The standard InChI is InChI=1S/C12H13ClN2OS/c1-7-6-17-12(15-7)5-11(16)9-3-2-8(13)4-10(9)14/h2-4,6,11,16H,5,14H2,1H3. The van der Waals surface area contributed by atoms with Crippen LogP contribution in [0.15, 0.2) is 23.6 Å². The lowest BCUT2D eigenvalue weighted by Crippen LogP contribution is -2.05. The minimum absolute atomic E-state index is 0.477. The maximum absolute atomic E-state index is 10.1. The first kappa shape index (κ1) is 12.4. The molecule has 17 heavy (non-hydrogen) atoms. The number of nitrogens with two attached hydrogens (primary N) is 1. The summed E-state index contributed by atoms with van der Waals surface area (Å²) in [4.78, 5) is 4.32. The van der Waals surface area contributed by atoms with E-state index in [2.05, 4.69) is 4.98 Å². The predicted octanol–water partition coefficient (Wildman–Crippen LogP) is 2.96. The van der Waals surface area contributed by atoms with Gasteiger partial charge in [0.1, 0.15) is 0 Å². The molecule has 0 amide bonds. The molecule has 3 N–H and O–H groups in total. The van der Waals surface area contributed by atoms with E-state index in [0.717, 1.165) is 10.7 Å². The van der Waals surface area contributed by atoms with Gasteiger partial charge in [0.15, 0.2) is 0 Å². The summed E-state index contributed by atoms with van der Waals surface area (Å²) >= 11 is 7.36. The highest BCUT2D eigenvalue weighted by Gasteiger charge is 2.13. The van der Waals surface area contributed by atoms with Gasteiger partial charge in [-0.05, 0) is 19.1 Å². The predicted molar refractivity (Wildman–Crippen MR) is 71.4 cm³/mol. The van der Waals surface area contributed by atoms with Crippen LogP contribution in [0.4, 0.5) is 5.69 Å². The van der Waals surface area contributed by atoms with E-state index in [1.165, 1.54) is 0 Å². The van der Waals surface area contributed by atoms with E-state index in [-0.39, 0.29) is 0 Å². The summed E-state index contributed by atoms with van der Waals surface area (Å²) in [6, 6.07) is 5.12. The van der Waals surface area contributed by atoms with Crippen molar-refractivity contribution < 1.29 is 5.11 Å². The number of thiazole rings is 1. The molecule has 0 bridgehead atoms. The number of benzene rings is 1. The monoisotopic (exact) mass is 268 g/mol. The van der Waals surface area contributed by atoms with Crippen LogP contribution in [0.3, 0.4) is 0 Å². The van der Waals surface area contributed by atoms with Crippen LogP contribution in [0.2, 0.25) is 5.02 Å². The second-order valence-electron chi connectivity index (χ2n) is 3.88. The summed E-state index contributed by atoms with van der Waals surface area (Å²) in [5.41, 5.74) is 8.00. The van der Waals surface area contributed by atoms with Gasteiger partial charge in [-0.25, -0.2) is 4.98 Å². The van der Waals surface area contributed by atoms with E-state index >= 15 is 0 Å². The van der Waals surface area contributed by atoms with Crippen molar-refractivity contribution in [2.45, 2.75) is 19.4 Å². The van der Waals surface area contributed by atoms with Crippen molar-refractivity contribution in [2.24, 2.45) is 0 Å². The SMILES string of the molecule is Cc1csc(CC(O)c2ccc(Cl)cc2N)n1. The molecular weight excluding hydrogens is 256 g/mol. The molecule has 2 rings (SSSR count). The van der Waals surface area contributed by atoms with Gasteiger partial charge in [0, 0.05) is 33.8 Å². The van der Waals surface area contributed by atoms with Crippen LogP contribution < -0.4 is 5.73 Å². The van der Waals surface area contributed by atoms with Gasteiger partial charge in [-0.1, -0.05) is 17.7 Å². The Kier molecular flexibility index (Phi) is 3.66. The Bertz CT molecular complexity index is 527. The van der Waals surface area contributed by atoms with Gasteiger partial charge in [0.25, 0.3) is 0 Å². The van der Waals surface area contributed by atoms with Crippen molar-refractivity contribution in [3.8, 4) is 0 Å². The maximum atomic E-state index is 10.1. The smallest absolute Gasteiger partial charge is 0.0957 e. The average Bonchev–Trinajstić information content (AvgIpc) is 2.63. The van der Waals surface area contributed by atoms with Gasteiger partial charge >= 0.3 is 0 Å². The zero-order valence-corrected chi connectivity index (χ0v) is 10.9. The minimum atomic E-state index is -0.641. The third-order valence-corrected chi connectivity index (χ3v) is 3.67. The number of anilines is 1. The van der Waals surface area contributed by atoms with Crippen LogP contribution in [0.5, 0.6) is 0 Å². The number of aromatic nitrogens is 1. The van der Waals surface area contributed by atoms with Crippen molar-refractivity contribution in [1.82, 2.24) is 4.98 Å². The number of rotatable bonds is 3. The molecular formula is C12H13ClN2OS. The molecule has 0 aliphatic heterocycles. The average molecular weight is 269 g/mol. The highest BCUT2D eigenvalue weighted by Crippen LogP contribution is 2.27. The number of aliphatic hydroxyl groups excluding tert-OH is 1. The fourth-order valence-electron chi connectivity index (χ4n) is 1.62. The van der Waals surface area contributed by atoms with E-state index < -0.39 is 6.10 Å². The molecule has 2 aromatic rings. The van der Waals surface area contributed by atoms with E-state index in [1.807, 2.05) is 12.3 Å². The lowest BCUT2D eigenvalue weighted by Gasteiger charge is -2.12. The molecule has 0 saturated carbocycles. The van der Waals surface area contributed by atoms with E-state index in [9.17, 15) is 5.11 Å². The Balaban J connectivity index is 2.17. The molecule has 1 aromatic carbocycles. The van der Waals surface area contributed by atoms with Gasteiger partial charge < -0.3 is 10.8 Å². The third kappa shape index (κ3) is 2.97. The highest BCUT2D eigenvalue weighted by molar-refractivity contribution is 7.09. The number of halogens is 1. The van der Waals surface area contributed by atoms with Crippen LogP contribution in [-0.4, -0.2) is 10.1 Å². The molecule has 0 fully saturated rings. The highest BCUT2D eigenvalue weighted by atomic mass is 35.5. The van der Waals surface area contributed by atoms with Crippen LogP contribution in [0.1, 0.15) is 22.4 Å². The zero-order valence-electron chi connectivity index (χ0n) is 9.35. The summed E-state index contributed by atoms with van der Waals surface area (Å²) in [5.74, 6) is 0. The quantitative estimate of drug-likeness (QED) is 0.842. The lowest BCUT2D eigenvalue weighted by molar-refractivity contribution is 0.179. The number of aryl methyl sites for hydroxylation is 1. The lowest BCUT2D eigenvalue weighted by atomic mass is 10.1. The molecule has 0 aliphatic rings. The van der Waals surface area contributed by atoms with Crippen molar-refractivity contribution in [3.63, 3.8) is 0 Å². The third-order valence-electron chi connectivity index (χ3n) is 2.44. The van der Waals surface area contributed by atoms with Crippen LogP contribution in [0, 0.1) is 6.92 Å². The number of nitrogen functional groups attached to an aromatic ring is 1. The topological polar surface area (TPSA) is 59.1 Å². The van der Waals surface area contributed by atoms with Crippen LogP contribution in [-0.2, 0) is 6.42 Å². The van der Waals surface area contributed by atoms with Crippen molar-refractivity contribution in [3.05, 3.63) is 44.9 Å². The first-order chi connectivity index (χ1) is 8.06. The molecule has 1 unspecified atom stereocenters. The van der Waals surface area contributed by atoms with Gasteiger partial charge in [-0.2, -0.15) is 0 Å². The van der Waals surface area contributed by atoms with Gasteiger partial charge in [0.05, 0.1) is 11.1 Å². The number of hydrogen-bond acceptors (Lipinski definition) is 4. The van der Waals surface area contributed by atoms with E-state index in [4.69, 9.17) is 17.3 Å². The second kappa shape index (κ2) is 5.04. The largest absolute Gasteiger partial charge is 0.398 e. The summed E-state index contributed by atoms with van der Waals surface area (Å²) in [6.07, 6.45) is -0.164. The molecule has 1 aromatic heterocycles. The van der Waals surface area contributed by atoms with Crippen LogP contribution >= 0.6 is 22.9 Å². The van der Waals surface area contributed by atoms with E-state index in [1.54, 1.807) is 29.5 Å². The molecule has 5 heteroatoms. The first-order valence-corrected chi connectivity index (χ1v) is 6.46. The Labute approximate surface area is 109 Å². The Morgan fingerprint density at radius 2 is 2.29 bits per heavy atom. The summed E-state index contributed by atoms with van der Waals surface area (Å²) < 4.78 is 0. The van der Waals surface area contributed by atoms with Crippen molar-refractivity contribution in [2.75, 3.05) is 5.73 Å². The Morgan fingerprint density at radius 1 is 1.53 bits per heavy atom. The van der Waals surface area contributed by atoms with Gasteiger partial charge in [0.2, 0.25) is 0 Å². The Hall–Kier alpha value is -1.10. The summed E-state index contributed by atoms with van der Waals surface area (Å²) in [7, 11) is 0. The van der Waals surface area contributed by atoms with Crippen molar-refractivity contribution >= 4 is 28.6 Å². The number of aliphatic hydroxyl groups is 1.